The maximum absolute atomic E-state index is 12.7. The van der Waals surface area contributed by atoms with Gasteiger partial charge in [0.1, 0.15) is 12.3 Å². The van der Waals surface area contributed by atoms with Gasteiger partial charge in [-0.3, -0.25) is 14.3 Å². The van der Waals surface area contributed by atoms with E-state index in [2.05, 4.69) is 10.4 Å². The lowest BCUT2D eigenvalue weighted by Gasteiger charge is -2.23. The van der Waals surface area contributed by atoms with Gasteiger partial charge in [0.25, 0.3) is 5.91 Å². The lowest BCUT2D eigenvalue weighted by atomic mass is 10.2. The van der Waals surface area contributed by atoms with E-state index in [4.69, 9.17) is 16.3 Å². The molecule has 0 unspecified atom stereocenters. The first-order valence-corrected chi connectivity index (χ1v) is 9.88. The average molecular weight is 405 g/mol. The highest BCUT2D eigenvalue weighted by Gasteiger charge is 2.17. The van der Waals surface area contributed by atoms with Gasteiger partial charge in [0.15, 0.2) is 0 Å². The van der Waals surface area contributed by atoms with Crippen molar-refractivity contribution in [1.29, 1.82) is 0 Å². The number of amides is 2. The summed E-state index contributed by atoms with van der Waals surface area (Å²) in [7, 11) is 0. The first-order chi connectivity index (χ1) is 13.5. The van der Waals surface area contributed by atoms with E-state index >= 15 is 0 Å². The summed E-state index contributed by atoms with van der Waals surface area (Å²) in [4.78, 5) is 27.0. The van der Waals surface area contributed by atoms with Gasteiger partial charge in [-0.25, -0.2) is 0 Å². The number of carbonyl (C=O) groups is 2. The van der Waals surface area contributed by atoms with E-state index in [0.29, 0.717) is 49.0 Å². The van der Waals surface area contributed by atoms with E-state index in [0.717, 1.165) is 18.4 Å². The predicted molar refractivity (Wildman–Crippen MR) is 107 cm³/mol. The molecule has 3 rings (SSSR count). The first-order valence-electron chi connectivity index (χ1n) is 9.50. The number of ether oxygens (including phenoxy) is 1. The summed E-state index contributed by atoms with van der Waals surface area (Å²) in [5, 5.41) is 7.58. The normalized spacial score (nSPS) is 16.1. The van der Waals surface area contributed by atoms with Crippen molar-refractivity contribution in [1.82, 2.24) is 20.0 Å². The van der Waals surface area contributed by atoms with Crippen molar-refractivity contribution in [3.8, 4) is 5.75 Å². The molecule has 1 N–H and O–H groups in total. The van der Waals surface area contributed by atoms with Crippen molar-refractivity contribution in [3.63, 3.8) is 0 Å². The number of benzene rings is 1. The third kappa shape index (κ3) is 5.48. The summed E-state index contributed by atoms with van der Waals surface area (Å²) < 4.78 is 7.46. The molecule has 0 radical (unpaired) electrons. The van der Waals surface area contributed by atoms with Crippen LogP contribution in [0.25, 0.3) is 0 Å². The first kappa shape index (κ1) is 20.2. The second-order valence-corrected chi connectivity index (χ2v) is 7.34. The molecule has 1 aliphatic rings. The Morgan fingerprint density at radius 3 is 2.89 bits per heavy atom. The number of hydrogen-bond donors (Lipinski definition) is 1. The van der Waals surface area contributed by atoms with Crippen molar-refractivity contribution >= 4 is 23.4 Å². The van der Waals surface area contributed by atoms with Gasteiger partial charge in [-0.2, -0.15) is 5.10 Å². The largest absolute Gasteiger partial charge is 0.493 e. The molecule has 0 bridgehead atoms. The molecule has 0 atom stereocenters. The molecule has 2 amide bonds. The van der Waals surface area contributed by atoms with Crippen molar-refractivity contribution in [2.24, 2.45) is 0 Å². The fourth-order valence-corrected chi connectivity index (χ4v) is 3.29. The number of fused-ring (bicyclic) bond motifs is 1. The molecule has 28 heavy (non-hydrogen) atoms. The Labute approximate surface area is 169 Å². The van der Waals surface area contributed by atoms with Crippen molar-refractivity contribution in [2.75, 3.05) is 26.2 Å². The van der Waals surface area contributed by atoms with Crippen LogP contribution in [0.2, 0.25) is 5.02 Å². The maximum atomic E-state index is 12.7. The molecule has 0 fully saturated rings. The van der Waals surface area contributed by atoms with Crippen molar-refractivity contribution < 1.29 is 14.3 Å². The van der Waals surface area contributed by atoms with Gasteiger partial charge in [0.2, 0.25) is 5.91 Å². The SMILES string of the molecule is Cc1cnn(CC(=O)N2CCCCNC(=O)c3cc(Cl)ccc3OCCC2)c1. The monoisotopic (exact) mass is 404 g/mol. The van der Waals surface area contributed by atoms with Crippen LogP contribution in [0.3, 0.4) is 0 Å². The fraction of sp³-hybridized carbons (Fsp3) is 0.450. The molecule has 1 aromatic heterocycles. The summed E-state index contributed by atoms with van der Waals surface area (Å²) in [5.74, 6) is 0.346. The smallest absolute Gasteiger partial charge is 0.255 e. The highest BCUT2D eigenvalue weighted by Crippen LogP contribution is 2.23. The van der Waals surface area contributed by atoms with E-state index < -0.39 is 0 Å². The van der Waals surface area contributed by atoms with Crippen LogP contribution in [0.1, 0.15) is 35.2 Å². The maximum Gasteiger partial charge on any atom is 0.255 e. The lowest BCUT2D eigenvalue weighted by molar-refractivity contribution is -0.132. The standard InChI is InChI=1S/C20H25ClN4O3/c1-15-12-23-25(13-15)14-19(26)24-8-3-2-7-22-20(27)17-11-16(21)5-6-18(17)28-10-4-9-24/h5-6,11-13H,2-4,7-10,14H2,1H3,(H,22,27). The zero-order valence-corrected chi connectivity index (χ0v) is 16.7. The molecular formula is C20H25ClN4O3. The molecule has 0 saturated carbocycles. The predicted octanol–water partition coefficient (Wildman–Crippen LogP) is 2.67. The summed E-state index contributed by atoms with van der Waals surface area (Å²) in [6.45, 7) is 4.37. The van der Waals surface area contributed by atoms with Gasteiger partial charge in [-0.1, -0.05) is 11.6 Å². The fourth-order valence-electron chi connectivity index (χ4n) is 3.12. The second-order valence-electron chi connectivity index (χ2n) is 6.90. The van der Waals surface area contributed by atoms with E-state index in [9.17, 15) is 9.59 Å². The molecule has 2 aromatic rings. The molecule has 150 valence electrons. The van der Waals surface area contributed by atoms with Gasteiger partial charge in [-0.05, 0) is 49.9 Å². The van der Waals surface area contributed by atoms with Crippen molar-refractivity contribution in [2.45, 2.75) is 32.7 Å². The second kappa shape index (κ2) is 9.59. The van der Waals surface area contributed by atoms with Gasteiger partial charge < -0.3 is 15.0 Å². The Morgan fingerprint density at radius 1 is 1.29 bits per heavy atom. The third-order valence-electron chi connectivity index (χ3n) is 4.57. The van der Waals surface area contributed by atoms with E-state index in [-0.39, 0.29) is 18.4 Å². The highest BCUT2D eigenvalue weighted by atomic mass is 35.5. The minimum atomic E-state index is -0.196. The van der Waals surface area contributed by atoms with Crippen LogP contribution >= 0.6 is 11.6 Å². The quantitative estimate of drug-likeness (QED) is 0.834. The zero-order valence-electron chi connectivity index (χ0n) is 16.0. The molecule has 1 aromatic carbocycles. The Hall–Kier alpha value is -2.54. The van der Waals surface area contributed by atoms with Gasteiger partial charge in [-0.15, -0.1) is 0 Å². The molecule has 8 heteroatoms. The van der Waals surface area contributed by atoms with Gasteiger partial charge in [0, 0.05) is 30.9 Å². The number of hydrogen-bond acceptors (Lipinski definition) is 4. The molecule has 1 aliphatic heterocycles. The van der Waals surface area contributed by atoms with Crippen LogP contribution in [0.5, 0.6) is 5.75 Å². The number of nitrogens with one attached hydrogen (secondary N) is 1. The minimum absolute atomic E-state index is 0.0363. The summed E-state index contributed by atoms with van der Waals surface area (Å²) in [6.07, 6.45) is 5.88. The topological polar surface area (TPSA) is 76.5 Å². The van der Waals surface area contributed by atoms with Crippen LogP contribution in [0.15, 0.2) is 30.6 Å². The number of nitrogens with zero attached hydrogens (tertiary/aromatic N) is 3. The summed E-state index contributed by atoms with van der Waals surface area (Å²) in [6, 6.07) is 5.03. The lowest BCUT2D eigenvalue weighted by Crippen LogP contribution is -2.36. The van der Waals surface area contributed by atoms with Crippen LogP contribution in [0.4, 0.5) is 0 Å². The zero-order chi connectivity index (χ0) is 19.9. The molecule has 0 aliphatic carbocycles. The van der Waals surface area contributed by atoms with Crippen molar-refractivity contribution in [3.05, 3.63) is 46.7 Å². The molecule has 0 spiro atoms. The van der Waals surface area contributed by atoms with Crippen LogP contribution < -0.4 is 10.1 Å². The summed E-state index contributed by atoms with van der Waals surface area (Å²) in [5.41, 5.74) is 1.47. The Kier molecular flexibility index (Phi) is 6.92. The molecule has 2 heterocycles. The van der Waals surface area contributed by atoms with E-state index in [1.165, 1.54) is 0 Å². The minimum Gasteiger partial charge on any atom is -0.493 e. The molecule has 0 saturated heterocycles. The number of aromatic nitrogens is 2. The van der Waals surface area contributed by atoms with E-state index in [1.54, 1.807) is 29.1 Å². The Morgan fingerprint density at radius 2 is 2.11 bits per heavy atom. The average Bonchev–Trinajstić information content (AvgIpc) is 3.08. The number of aryl methyl sites for hydroxylation is 1. The molecular weight excluding hydrogens is 380 g/mol. The van der Waals surface area contributed by atoms with Crippen LogP contribution in [-0.2, 0) is 11.3 Å². The number of carbonyl (C=O) groups excluding carboxylic acids is 2. The Balaban J connectivity index is 1.65. The van der Waals surface area contributed by atoms with Gasteiger partial charge in [0.05, 0.1) is 18.4 Å². The number of halogens is 1. The Bertz CT molecular complexity index is 837. The number of rotatable bonds is 2. The van der Waals surface area contributed by atoms with Crippen LogP contribution in [-0.4, -0.2) is 52.7 Å². The van der Waals surface area contributed by atoms with Crippen LogP contribution in [0, 0.1) is 6.92 Å². The highest BCUT2D eigenvalue weighted by molar-refractivity contribution is 6.31. The molecule has 7 nitrogen and oxygen atoms in total. The summed E-state index contributed by atoms with van der Waals surface area (Å²) >= 11 is 6.03. The van der Waals surface area contributed by atoms with Gasteiger partial charge >= 0.3 is 0 Å². The van der Waals surface area contributed by atoms with E-state index in [1.807, 2.05) is 18.0 Å². The third-order valence-corrected chi connectivity index (χ3v) is 4.80.